The minimum Gasteiger partial charge on any atom is -0.325 e. The van der Waals surface area contributed by atoms with Crippen molar-refractivity contribution in [1.29, 1.82) is 0 Å². The van der Waals surface area contributed by atoms with Crippen molar-refractivity contribution < 1.29 is 13.2 Å². The van der Waals surface area contributed by atoms with Crippen LogP contribution >= 0.6 is 15.9 Å². The van der Waals surface area contributed by atoms with Gasteiger partial charge in [0.2, 0.25) is 15.9 Å². The zero-order valence-electron chi connectivity index (χ0n) is 12.5. The van der Waals surface area contributed by atoms with Gasteiger partial charge in [0, 0.05) is 10.2 Å². The molecule has 0 aliphatic heterocycles. The van der Waals surface area contributed by atoms with Crippen molar-refractivity contribution in [2.45, 2.75) is 12.7 Å². The van der Waals surface area contributed by atoms with Gasteiger partial charge in [-0.05, 0) is 36.8 Å². The fourth-order valence-electron chi connectivity index (χ4n) is 1.91. The maximum atomic E-state index is 12.0. The van der Waals surface area contributed by atoms with Crippen LogP contribution in [-0.2, 0) is 20.6 Å². The van der Waals surface area contributed by atoms with Crippen molar-refractivity contribution in [2.24, 2.45) is 0 Å². The molecule has 2 aromatic rings. The number of hydrogen-bond acceptors (Lipinski definition) is 3. The van der Waals surface area contributed by atoms with Crippen LogP contribution in [-0.4, -0.2) is 20.9 Å². The smallest absolute Gasteiger partial charge is 0.239 e. The minimum absolute atomic E-state index is 0.176. The van der Waals surface area contributed by atoms with E-state index in [1.54, 1.807) is 30.3 Å². The Hall–Kier alpha value is -1.70. The van der Waals surface area contributed by atoms with Crippen molar-refractivity contribution >= 4 is 37.5 Å². The Morgan fingerprint density at radius 1 is 1.13 bits per heavy atom. The normalized spacial score (nSPS) is 11.2. The lowest BCUT2D eigenvalue weighted by Gasteiger charge is -2.08. The summed E-state index contributed by atoms with van der Waals surface area (Å²) in [5, 5.41) is 2.64. The van der Waals surface area contributed by atoms with Crippen LogP contribution in [0.4, 0.5) is 5.69 Å². The summed E-state index contributed by atoms with van der Waals surface area (Å²) < 4.78 is 27.1. The number of halogens is 1. The number of sulfonamides is 1. The second kappa shape index (κ2) is 7.72. The third-order valence-corrected chi connectivity index (χ3v) is 4.82. The predicted octanol–water partition coefficient (Wildman–Crippen LogP) is 2.82. The Kier molecular flexibility index (Phi) is 5.92. The molecule has 0 fully saturated rings. The molecule has 2 aromatic carbocycles. The number of amides is 1. The Labute approximate surface area is 144 Å². The Morgan fingerprint density at radius 2 is 1.83 bits per heavy atom. The molecule has 0 aliphatic carbocycles. The molecule has 0 bridgehead atoms. The first-order chi connectivity index (χ1) is 10.8. The number of hydrogen-bond donors (Lipinski definition) is 2. The summed E-state index contributed by atoms with van der Waals surface area (Å²) in [4.78, 5) is 11.8. The quantitative estimate of drug-likeness (QED) is 0.787. The second-order valence-electron chi connectivity index (χ2n) is 5.12. The zero-order chi connectivity index (χ0) is 16.9. The standard InChI is InChI=1S/C16H17BrN2O3S/c1-12-5-7-15(8-6-12)19-16(20)10-18-23(21,22)11-13-3-2-4-14(17)9-13/h2-9,18H,10-11H2,1H3,(H,19,20). The highest BCUT2D eigenvalue weighted by Crippen LogP contribution is 2.13. The van der Waals surface area contributed by atoms with Crippen LogP contribution in [0.5, 0.6) is 0 Å². The summed E-state index contributed by atoms with van der Waals surface area (Å²) in [5.74, 6) is -0.587. The number of carbonyl (C=O) groups excluding carboxylic acids is 1. The monoisotopic (exact) mass is 396 g/mol. The Bertz CT molecular complexity index is 789. The molecular weight excluding hydrogens is 380 g/mol. The largest absolute Gasteiger partial charge is 0.325 e. The van der Waals surface area contributed by atoms with Gasteiger partial charge in [0.25, 0.3) is 0 Å². The summed E-state index contributed by atoms with van der Waals surface area (Å²) in [7, 11) is -3.58. The highest BCUT2D eigenvalue weighted by atomic mass is 79.9. The van der Waals surface area contributed by atoms with Gasteiger partial charge in [-0.3, -0.25) is 4.79 Å². The molecule has 2 rings (SSSR count). The molecule has 0 radical (unpaired) electrons. The first-order valence-corrected chi connectivity index (χ1v) is 9.37. The van der Waals surface area contributed by atoms with Crippen LogP contribution < -0.4 is 10.0 Å². The molecular formula is C16H17BrN2O3S. The van der Waals surface area contributed by atoms with Crippen LogP contribution in [0.3, 0.4) is 0 Å². The first-order valence-electron chi connectivity index (χ1n) is 6.92. The number of nitrogens with one attached hydrogen (secondary N) is 2. The number of benzene rings is 2. The van der Waals surface area contributed by atoms with Gasteiger partial charge in [-0.15, -0.1) is 0 Å². The summed E-state index contributed by atoms with van der Waals surface area (Å²) in [6, 6.07) is 14.3. The van der Waals surface area contributed by atoms with Gasteiger partial charge < -0.3 is 5.32 Å². The van der Waals surface area contributed by atoms with Crippen LogP contribution in [0.15, 0.2) is 53.0 Å². The lowest BCUT2D eigenvalue weighted by Crippen LogP contribution is -2.33. The van der Waals surface area contributed by atoms with E-state index in [-0.39, 0.29) is 12.3 Å². The summed E-state index contributed by atoms with van der Waals surface area (Å²) in [6.45, 7) is 1.64. The van der Waals surface area contributed by atoms with Crippen molar-refractivity contribution in [2.75, 3.05) is 11.9 Å². The summed E-state index contributed by atoms with van der Waals surface area (Å²) >= 11 is 3.29. The molecule has 0 aliphatic rings. The second-order valence-corrected chi connectivity index (χ2v) is 7.85. The van der Waals surface area contributed by atoms with Gasteiger partial charge in [-0.2, -0.15) is 0 Å². The highest BCUT2D eigenvalue weighted by Gasteiger charge is 2.13. The number of rotatable bonds is 6. The number of anilines is 1. The summed E-state index contributed by atoms with van der Waals surface area (Å²) in [6.07, 6.45) is 0. The molecule has 0 unspecified atom stereocenters. The Morgan fingerprint density at radius 3 is 2.48 bits per heavy atom. The average Bonchev–Trinajstić information content (AvgIpc) is 2.47. The first kappa shape index (κ1) is 17.7. The van der Waals surface area contributed by atoms with E-state index in [9.17, 15) is 13.2 Å². The molecule has 5 nitrogen and oxygen atoms in total. The Balaban J connectivity index is 1.88. The van der Waals surface area contributed by atoms with Gasteiger partial charge in [-0.1, -0.05) is 45.8 Å². The van der Waals surface area contributed by atoms with Crippen molar-refractivity contribution in [1.82, 2.24) is 4.72 Å². The molecule has 0 atom stereocenters. The summed E-state index contributed by atoms with van der Waals surface area (Å²) in [5.41, 5.74) is 2.36. The van der Waals surface area contributed by atoms with E-state index in [2.05, 4.69) is 26.0 Å². The van der Waals surface area contributed by atoms with E-state index < -0.39 is 15.9 Å². The van der Waals surface area contributed by atoms with Gasteiger partial charge in [0.15, 0.2) is 0 Å². The van der Waals surface area contributed by atoms with E-state index in [1.807, 2.05) is 25.1 Å². The maximum Gasteiger partial charge on any atom is 0.239 e. The van der Waals surface area contributed by atoms with Gasteiger partial charge in [-0.25, -0.2) is 13.1 Å². The minimum atomic E-state index is -3.58. The van der Waals surface area contributed by atoms with E-state index in [4.69, 9.17) is 0 Å². The predicted molar refractivity (Wildman–Crippen MR) is 94.6 cm³/mol. The molecule has 0 heterocycles. The maximum absolute atomic E-state index is 12.0. The van der Waals surface area contributed by atoms with E-state index in [1.165, 1.54) is 0 Å². The molecule has 1 amide bonds. The van der Waals surface area contributed by atoms with Gasteiger partial charge in [0.1, 0.15) is 0 Å². The average molecular weight is 397 g/mol. The number of aryl methyl sites for hydroxylation is 1. The molecule has 0 aromatic heterocycles. The van der Waals surface area contributed by atoms with Crippen molar-refractivity contribution in [3.8, 4) is 0 Å². The van der Waals surface area contributed by atoms with Gasteiger partial charge >= 0.3 is 0 Å². The van der Waals surface area contributed by atoms with Crippen LogP contribution in [0.1, 0.15) is 11.1 Å². The molecule has 23 heavy (non-hydrogen) atoms. The highest BCUT2D eigenvalue weighted by molar-refractivity contribution is 9.10. The third-order valence-electron chi connectivity index (χ3n) is 3.03. The third kappa shape index (κ3) is 6.13. The van der Waals surface area contributed by atoms with Crippen LogP contribution in [0.2, 0.25) is 0 Å². The van der Waals surface area contributed by atoms with E-state index in [0.29, 0.717) is 11.3 Å². The SMILES string of the molecule is Cc1ccc(NC(=O)CNS(=O)(=O)Cc2cccc(Br)c2)cc1. The van der Waals surface area contributed by atoms with Crippen LogP contribution in [0, 0.1) is 6.92 Å². The topological polar surface area (TPSA) is 75.3 Å². The number of carbonyl (C=O) groups is 1. The zero-order valence-corrected chi connectivity index (χ0v) is 14.9. The molecule has 0 saturated heterocycles. The van der Waals surface area contributed by atoms with Gasteiger partial charge in [0.05, 0.1) is 12.3 Å². The fraction of sp³-hybridized carbons (Fsp3) is 0.188. The molecule has 122 valence electrons. The van der Waals surface area contributed by atoms with Crippen LogP contribution in [0.25, 0.3) is 0 Å². The van der Waals surface area contributed by atoms with E-state index >= 15 is 0 Å². The lowest BCUT2D eigenvalue weighted by molar-refractivity contribution is -0.115. The molecule has 7 heteroatoms. The molecule has 2 N–H and O–H groups in total. The lowest BCUT2D eigenvalue weighted by atomic mass is 10.2. The molecule has 0 spiro atoms. The van der Waals surface area contributed by atoms with Crippen molar-refractivity contribution in [3.63, 3.8) is 0 Å². The molecule has 0 saturated carbocycles. The van der Waals surface area contributed by atoms with E-state index in [0.717, 1.165) is 10.0 Å². The van der Waals surface area contributed by atoms with Crippen molar-refractivity contribution in [3.05, 3.63) is 64.1 Å². The fourth-order valence-corrected chi connectivity index (χ4v) is 3.43.